The van der Waals surface area contributed by atoms with Crippen molar-refractivity contribution in [3.05, 3.63) is 53.7 Å². The van der Waals surface area contributed by atoms with Crippen molar-refractivity contribution in [1.29, 1.82) is 0 Å². The van der Waals surface area contributed by atoms with Gasteiger partial charge in [0.1, 0.15) is 5.82 Å². The van der Waals surface area contributed by atoms with Crippen LogP contribution in [0, 0.1) is 0 Å². The van der Waals surface area contributed by atoms with E-state index in [0.717, 1.165) is 55.0 Å². The zero-order valence-corrected chi connectivity index (χ0v) is 17.0. The predicted octanol–water partition coefficient (Wildman–Crippen LogP) is 3.40. The fourth-order valence-electron chi connectivity index (χ4n) is 3.51. The molecular formula is C22H30N4O2. The summed E-state index contributed by atoms with van der Waals surface area (Å²) >= 11 is 0. The van der Waals surface area contributed by atoms with Crippen LogP contribution in [0.1, 0.15) is 35.2 Å². The van der Waals surface area contributed by atoms with Crippen molar-refractivity contribution in [2.75, 3.05) is 44.5 Å². The maximum absolute atomic E-state index is 12.8. The molecule has 1 aromatic heterocycles. The maximum atomic E-state index is 12.8. The van der Waals surface area contributed by atoms with Crippen LogP contribution in [-0.4, -0.2) is 56.1 Å². The molecule has 2 aromatic rings. The molecule has 0 unspecified atom stereocenters. The number of methoxy groups -OCH3 is 1. The summed E-state index contributed by atoms with van der Waals surface area (Å²) in [7, 11) is 5.64. The molecule has 28 heavy (non-hydrogen) atoms. The Morgan fingerprint density at radius 3 is 2.61 bits per heavy atom. The average Bonchev–Trinajstić information content (AvgIpc) is 2.94. The number of nitrogens with one attached hydrogen (secondary N) is 1. The van der Waals surface area contributed by atoms with Crippen LogP contribution in [0.2, 0.25) is 0 Å². The molecule has 1 aromatic carbocycles. The standard InChI is InChI=1S/C22H30N4O2/c1-25(2)21-11-10-20(15-23-21)24-19-5-4-13-26(14-12-19)22(27)18-8-6-17(7-9-18)16-28-3/h6-11,15,19,24H,4-5,12-14,16H2,1-3H3/t19-/m1/s1. The fourth-order valence-corrected chi connectivity index (χ4v) is 3.51. The van der Waals surface area contributed by atoms with Gasteiger partial charge < -0.3 is 19.9 Å². The van der Waals surface area contributed by atoms with Crippen molar-refractivity contribution in [2.24, 2.45) is 0 Å². The Hall–Kier alpha value is -2.60. The molecule has 0 spiro atoms. The number of likely N-dealkylation sites (tertiary alicyclic amines) is 1. The lowest BCUT2D eigenvalue weighted by atomic mass is 10.1. The van der Waals surface area contributed by atoms with E-state index < -0.39 is 0 Å². The summed E-state index contributed by atoms with van der Waals surface area (Å²) in [5, 5.41) is 3.57. The molecule has 1 amide bonds. The van der Waals surface area contributed by atoms with E-state index in [-0.39, 0.29) is 5.91 Å². The third-order valence-corrected chi connectivity index (χ3v) is 5.10. The lowest BCUT2D eigenvalue weighted by Gasteiger charge is -2.21. The van der Waals surface area contributed by atoms with Crippen LogP contribution in [0.5, 0.6) is 0 Å². The molecule has 1 N–H and O–H groups in total. The van der Waals surface area contributed by atoms with Crippen LogP contribution < -0.4 is 10.2 Å². The Kier molecular flexibility index (Phi) is 6.87. The first-order chi connectivity index (χ1) is 13.6. The molecule has 0 bridgehead atoms. The average molecular weight is 383 g/mol. The Morgan fingerprint density at radius 2 is 1.96 bits per heavy atom. The van der Waals surface area contributed by atoms with E-state index in [9.17, 15) is 4.79 Å². The summed E-state index contributed by atoms with van der Waals surface area (Å²) in [5.74, 6) is 1.06. The van der Waals surface area contributed by atoms with Gasteiger partial charge in [-0.25, -0.2) is 4.98 Å². The van der Waals surface area contributed by atoms with Gasteiger partial charge >= 0.3 is 0 Å². The molecule has 0 aliphatic carbocycles. The van der Waals surface area contributed by atoms with E-state index in [1.54, 1.807) is 7.11 Å². The van der Waals surface area contributed by atoms with Gasteiger partial charge in [0.15, 0.2) is 0 Å². The van der Waals surface area contributed by atoms with E-state index >= 15 is 0 Å². The van der Waals surface area contributed by atoms with Crippen LogP contribution in [0.15, 0.2) is 42.6 Å². The normalized spacial score (nSPS) is 17.1. The van der Waals surface area contributed by atoms with Crippen molar-refractivity contribution < 1.29 is 9.53 Å². The van der Waals surface area contributed by atoms with E-state index in [1.807, 2.05) is 60.4 Å². The molecule has 3 rings (SSSR count). The molecule has 1 fully saturated rings. The number of anilines is 2. The van der Waals surface area contributed by atoms with Crippen molar-refractivity contribution in [1.82, 2.24) is 9.88 Å². The maximum Gasteiger partial charge on any atom is 0.253 e. The second kappa shape index (κ2) is 9.55. The van der Waals surface area contributed by atoms with Gasteiger partial charge in [-0.05, 0) is 49.1 Å². The predicted molar refractivity (Wildman–Crippen MR) is 113 cm³/mol. The van der Waals surface area contributed by atoms with Crippen molar-refractivity contribution in [2.45, 2.75) is 31.9 Å². The van der Waals surface area contributed by atoms with Crippen LogP contribution >= 0.6 is 0 Å². The molecule has 6 nitrogen and oxygen atoms in total. The van der Waals surface area contributed by atoms with Crippen molar-refractivity contribution >= 4 is 17.4 Å². The smallest absolute Gasteiger partial charge is 0.253 e. The topological polar surface area (TPSA) is 57.7 Å². The number of rotatable bonds is 6. The molecule has 6 heteroatoms. The Labute approximate surface area is 167 Å². The Bertz CT molecular complexity index is 759. The minimum absolute atomic E-state index is 0.113. The van der Waals surface area contributed by atoms with Crippen LogP contribution in [0.4, 0.5) is 11.5 Å². The number of hydrogen-bond acceptors (Lipinski definition) is 5. The number of carbonyl (C=O) groups excluding carboxylic acids is 1. The molecule has 1 atom stereocenters. The number of nitrogens with zero attached hydrogens (tertiary/aromatic N) is 3. The molecule has 1 aliphatic heterocycles. The number of carbonyl (C=O) groups is 1. The minimum Gasteiger partial charge on any atom is -0.381 e. The summed E-state index contributed by atoms with van der Waals surface area (Å²) in [6, 6.07) is 12.2. The third kappa shape index (κ3) is 5.23. The molecular weight excluding hydrogens is 352 g/mol. The first kappa shape index (κ1) is 20.1. The lowest BCUT2D eigenvalue weighted by Crippen LogP contribution is -2.32. The van der Waals surface area contributed by atoms with Gasteiger partial charge in [-0.3, -0.25) is 4.79 Å². The lowest BCUT2D eigenvalue weighted by molar-refractivity contribution is 0.0761. The van der Waals surface area contributed by atoms with Gasteiger partial charge in [0.2, 0.25) is 0 Å². The largest absolute Gasteiger partial charge is 0.381 e. The SMILES string of the molecule is COCc1ccc(C(=O)N2CCC[C@@H](Nc3ccc(N(C)C)nc3)CC2)cc1. The van der Waals surface area contributed by atoms with Gasteiger partial charge in [-0.2, -0.15) is 0 Å². The molecule has 150 valence electrons. The van der Waals surface area contributed by atoms with Crippen molar-refractivity contribution in [3.63, 3.8) is 0 Å². The van der Waals surface area contributed by atoms with E-state index in [4.69, 9.17) is 4.74 Å². The van der Waals surface area contributed by atoms with Crippen molar-refractivity contribution in [3.8, 4) is 0 Å². The zero-order valence-electron chi connectivity index (χ0n) is 17.0. The highest BCUT2D eigenvalue weighted by Gasteiger charge is 2.21. The van der Waals surface area contributed by atoms with Crippen LogP contribution in [0.3, 0.4) is 0 Å². The summed E-state index contributed by atoms with van der Waals surface area (Å²) in [6.07, 6.45) is 4.86. The molecule has 0 radical (unpaired) electrons. The quantitative estimate of drug-likeness (QED) is 0.830. The number of aromatic nitrogens is 1. The first-order valence-electron chi connectivity index (χ1n) is 9.84. The van der Waals surface area contributed by atoms with Gasteiger partial charge in [0.25, 0.3) is 5.91 Å². The summed E-state index contributed by atoms with van der Waals surface area (Å²) < 4.78 is 5.13. The molecule has 1 saturated heterocycles. The Balaban J connectivity index is 1.55. The number of ether oxygens (including phenoxy) is 1. The van der Waals surface area contributed by atoms with E-state index in [2.05, 4.69) is 16.4 Å². The number of benzene rings is 1. The molecule has 2 heterocycles. The number of pyridine rings is 1. The summed E-state index contributed by atoms with van der Waals surface area (Å²) in [4.78, 5) is 21.3. The van der Waals surface area contributed by atoms with Gasteiger partial charge in [0.05, 0.1) is 18.5 Å². The highest BCUT2D eigenvalue weighted by molar-refractivity contribution is 5.94. The minimum atomic E-state index is 0.113. The van der Waals surface area contributed by atoms with Gasteiger partial charge in [0, 0.05) is 45.9 Å². The first-order valence-corrected chi connectivity index (χ1v) is 9.84. The number of amides is 1. The van der Waals surface area contributed by atoms with Gasteiger partial charge in [-0.1, -0.05) is 12.1 Å². The van der Waals surface area contributed by atoms with Gasteiger partial charge in [-0.15, -0.1) is 0 Å². The molecule has 0 saturated carbocycles. The molecule has 1 aliphatic rings. The Morgan fingerprint density at radius 1 is 1.18 bits per heavy atom. The zero-order chi connectivity index (χ0) is 19.9. The second-order valence-corrected chi connectivity index (χ2v) is 7.49. The van der Waals surface area contributed by atoms with Crippen LogP contribution in [-0.2, 0) is 11.3 Å². The van der Waals surface area contributed by atoms with Crippen LogP contribution in [0.25, 0.3) is 0 Å². The third-order valence-electron chi connectivity index (χ3n) is 5.10. The fraction of sp³-hybridized carbons (Fsp3) is 0.455. The monoisotopic (exact) mass is 382 g/mol. The highest BCUT2D eigenvalue weighted by atomic mass is 16.5. The second-order valence-electron chi connectivity index (χ2n) is 7.49. The van der Waals surface area contributed by atoms with E-state index in [0.29, 0.717) is 12.6 Å². The number of hydrogen-bond donors (Lipinski definition) is 1. The van der Waals surface area contributed by atoms with E-state index in [1.165, 1.54) is 0 Å². The summed E-state index contributed by atoms with van der Waals surface area (Å²) in [6.45, 7) is 2.13. The highest BCUT2D eigenvalue weighted by Crippen LogP contribution is 2.19. The summed E-state index contributed by atoms with van der Waals surface area (Å²) in [5.41, 5.74) is 2.85.